The van der Waals surface area contributed by atoms with Crippen LogP contribution in [-0.4, -0.2) is 27.1 Å². The number of nitrogens with two attached hydrogens (primary N) is 1. The predicted molar refractivity (Wildman–Crippen MR) is 113 cm³/mol. The first-order valence-corrected chi connectivity index (χ1v) is 10.0. The van der Waals surface area contributed by atoms with E-state index in [1.807, 2.05) is 19.9 Å². The van der Waals surface area contributed by atoms with Gasteiger partial charge in [-0.1, -0.05) is 19.1 Å². The Morgan fingerprint density at radius 1 is 1.23 bits per heavy atom. The van der Waals surface area contributed by atoms with E-state index in [2.05, 4.69) is 20.5 Å². The normalized spacial score (nSPS) is 15.1. The lowest BCUT2D eigenvalue weighted by Crippen LogP contribution is -2.27. The van der Waals surface area contributed by atoms with Gasteiger partial charge in [0, 0.05) is 18.2 Å². The van der Waals surface area contributed by atoms with Gasteiger partial charge in [0.15, 0.2) is 5.82 Å². The van der Waals surface area contributed by atoms with E-state index in [1.165, 1.54) is 18.2 Å². The minimum absolute atomic E-state index is 0.125. The second-order valence-electron chi connectivity index (χ2n) is 7.48. The molecule has 1 amide bonds. The van der Waals surface area contributed by atoms with Crippen LogP contribution in [0.2, 0.25) is 0 Å². The standard InChI is InChI=1S/C22H22F2N6O/c1-3-18-21(26-11-13-5-4-6-14(23)8-13)27-22(29-28-18)30-12(2)7-16-17(20(25)31)9-15(24)10-19(16)30/h4-6,8-10,12H,3,7,11H2,1-2H3,(H2,25,31)(H,26,27,29). The molecule has 1 aliphatic rings. The molecular formula is C22H22F2N6O. The number of carbonyl (C=O) groups is 1. The second-order valence-corrected chi connectivity index (χ2v) is 7.48. The van der Waals surface area contributed by atoms with E-state index in [9.17, 15) is 13.6 Å². The van der Waals surface area contributed by atoms with E-state index in [1.54, 1.807) is 11.0 Å². The highest BCUT2D eigenvalue weighted by atomic mass is 19.1. The number of primary amides is 1. The first kappa shape index (κ1) is 20.6. The minimum Gasteiger partial charge on any atom is -0.366 e. The van der Waals surface area contributed by atoms with Crippen LogP contribution in [0.4, 0.5) is 26.2 Å². The third kappa shape index (κ3) is 4.03. The molecule has 0 fully saturated rings. The fourth-order valence-corrected chi connectivity index (χ4v) is 3.85. The molecule has 3 N–H and O–H groups in total. The number of nitrogens with one attached hydrogen (secondary N) is 1. The number of hydrogen-bond acceptors (Lipinski definition) is 6. The third-order valence-corrected chi connectivity index (χ3v) is 5.30. The number of fused-ring (bicyclic) bond motifs is 1. The molecule has 1 unspecified atom stereocenters. The molecular weight excluding hydrogens is 402 g/mol. The van der Waals surface area contributed by atoms with Crippen molar-refractivity contribution in [1.82, 2.24) is 15.2 Å². The zero-order valence-corrected chi connectivity index (χ0v) is 17.2. The molecule has 0 bridgehead atoms. The smallest absolute Gasteiger partial charge is 0.252 e. The first-order chi connectivity index (χ1) is 14.9. The van der Waals surface area contributed by atoms with Gasteiger partial charge in [-0.2, -0.15) is 4.98 Å². The molecule has 7 nitrogen and oxygen atoms in total. The molecule has 0 radical (unpaired) electrons. The van der Waals surface area contributed by atoms with E-state index < -0.39 is 11.7 Å². The Morgan fingerprint density at radius 2 is 2.03 bits per heavy atom. The second kappa shape index (κ2) is 8.25. The molecule has 0 saturated heterocycles. The maximum Gasteiger partial charge on any atom is 0.252 e. The Morgan fingerprint density at radius 3 is 2.74 bits per heavy atom. The van der Waals surface area contributed by atoms with E-state index in [4.69, 9.17) is 5.73 Å². The van der Waals surface area contributed by atoms with Crippen LogP contribution in [0.25, 0.3) is 0 Å². The van der Waals surface area contributed by atoms with Crippen molar-refractivity contribution in [3.05, 3.63) is 70.4 Å². The number of aryl methyl sites for hydroxylation is 1. The van der Waals surface area contributed by atoms with E-state index in [0.717, 1.165) is 11.6 Å². The van der Waals surface area contributed by atoms with Crippen LogP contribution in [-0.2, 0) is 19.4 Å². The van der Waals surface area contributed by atoms with Crippen molar-refractivity contribution in [2.75, 3.05) is 10.2 Å². The molecule has 0 saturated carbocycles. The summed E-state index contributed by atoms with van der Waals surface area (Å²) in [4.78, 5) is 18.2. The highest BCUT2D eigenvalue weighted by molar-refractivity contribution is 5.97. The van der Waals surface area contributed by atoms with Crippen LogP contribution in [0.15, 0.2) is 36.4 Å². The Hall–Kier alpha value is -3.62. The summed E-state index contributed by atoms with van der Waals surface area (Å²) < 4.78 is 27.7. The maximum absolute atomic E-state index is 14.2. The van der Waals surface area contributed by atoms with E-state index in [-0.39, 0.29) is 23.4 Å². The monoisotopic (exact) mass is 424 g/mol. The number of amides is 1. The van der Waals surface area contributed by atoms with Crippen LogP contribution in [0.3, 0.4) is 0 Å². The van der Waals surface area contributed by atoms with Crippen molar-refractivity contribution in [2.24, 2.45) is 5.73 Å². The summed E-state index contributed by atoms with van der Waals surface area (Å²) in [5.74, 6) is -0.752. The fourth-order valence-electron chi connectivity index (χ4n) is 3.85. The van der Waals surface area contributed by atoms with Gasteiger partial charge in [0.1, 0.15) is 17.3 Å². The predicted octanol–water partition coefficient (Wildman–Crippen LogP) is 3.51. The summed E-state index contributed by atoms with van der Waals surface area (Å²) >= 11 is 0. The first-order valence-electron chi connectivity index (χ1n) is 10.0. The molecule has 9 heteroatoms. The van der Waals surface area contributed by atoms with Gasteiger partial charge < -0.3 is 16.0 Å². The number of halogens is 2. The van der Waals surface area contributed by atoms with Gasteiger partial charge in [-0.3, -0.25) is 4.79 Å². The van der Waals surface area contributed by atoms with Gasteiger partial charge in [0.25, 0.3) is 5.95 Å². The lowest BCUT2D eigenvalue weighted by Gasteiger charge is -2.23. The van der Waals surface area contributed by atoms with Gasteiger partial charge in [-0.15, -0.1) is 10.2 Å². The summed E-state index contributed by atoms with van der Waals surface area (Å²) in [6, 6.07) is 8.66. The van der Waals surface area contributed by atoms with Crippen LogP contribution in [0, 0.1) is 11.6 Å². The van der Waals surface area contributed by atoms with E-state index >= 15 is 0 Å². The number of aromatic nitrogens is 3. The number of hydrogen-bond donors (Lipinski definition) is 2. The Kier molecular flexibility index (Phi) is 5.50. The molecule has 2 heterocycles. The van der Waals surface area contributed by atoms with Gasteiger partial charge in [-0.25, -0.2) is 8.78 Å². The van der Waals surface area contributed by atoms with Crippen molar-refractivity contribution in [3.63, 3.8) is 0 Å². The van der Waals surface area contributed by atoms with Crippen LogP contribution >= 0.6 is 0 Å². The van der Waals surface area contributed by atoms with Crippen LogP contribution in [0.5, 0.6) is 0 Å². The molecule has 4 rings (SSSR count). The lowest BCUT2D eigenvalue weighted by atomic mass is 10.0. The Bertz CT molecular complexity index is 1150. The van der Waals surface area contributed by atoms with Crippen molar-refractivity contribution in [2.45, 2.75) is 39.3 Å². The number of carbonyl (C=O) groups excluding carboxylic acids is 1. The summed E-state index contributed by atoms with van der Waals surface area (Å²) in [5.41, 5.74) is 8.19. The Balaban J connectivity index is 1.70. The minimum atomic E-state index is -0.678. The molecule has 0 spiro atoms. The van der Waals surface area contributed by atoms with Gasteiger partial charge in [0.2, 0.25) is 5.91 Å². The molecule has 160 valence electrons. The quantitative estimate of drug-likeness (QED) is 0.629. The van der Waals surface area contributed by atoms with Crippen molar-refractivity contribution < 1.29 is 13.6 Å². The summed E-state index contributed by atoms with van der Waals surface area (Å²) in [5, 5.41) is 11.7. The number of benzene rings is 2. The number of nitrogens with zero attached hydrogens (tertiary/aromatic N) is 4. The van der Waals surface area contributed by atoms with Crippen molar-refractivity contribution in [1.29, 1.82) is 0 Å². The average Bonchev–Trinajstić information content (AvgIpc) is 3.06. The molecule has 3 aromatic rings. The van der Waals surface area contributed by atoms with Crippen molar-refractivity contribution in [3.8, 4) is 0 Å². The highest BCUT2D eigenvalue weighted by Gasteiger charge is 2.33. The third-order valence-electron chi connectivity index (χ3n) is 5.30. The zero-order chi connectivity index (χ0) is 22.1. The highest BCUT2D eigenvalue weighted by Crippen LogP contribution is 2.39. The summed E-state index contributed by atoms with van der Waals surface area (Å²) in [7, 11) is 0. The zero-order valence-electron chi connectivity index (χ0n) is 17.2. The molecule has 1 aromatic heterocycles. The maximum atomic E-state index is 14.2. The largest absolute Gasteiger partial charge is 0.366 e. The summed E-state index contributed by atoms with van der Waals surface area (Å²) in [6.07, 6.45) is 1.09. The van der Waals surface area contributed by atoms with Gasteiger partial charge in [0.05, 0.1) is 5.69 Å². The lowest BCUT2D eigenvalue weighted by molar-refractivity contribution is 0.0999. The fraction of sp³-hybridized carbons (Fsp3) is 0.273. The Labute approximate surface area is 178 Å². The molecule has 31 heavy (non-hydrogen) atoms. The topological polar surface area (TPSA) is 97.0 Å². The van der Waals surface area contributed by atoms with Gasteiger partial charge >= 0.3 is 0 Å². The number of anilines is 3. The van der Waals surface area contributed by atoms with Crippen LogP contribution < -0.4 is 16.0 Å². The number of rotatable bonds is 6. The molecule has 1 atom stereocenters. The van der Waals surface area contributed by atoms with Crippen molar-refractivity contribution >= 4 is 23.4 Å². The molecule has 1 aliphatic heterocycles. The summed E-state index contributed by atoms with van der Waals surface area (Å²) in [6.45, 7) is 4.22. The SMILES string of the molecule is CCc1nnc(N2c3cc(F)cc(C(N)=O)c3CC2C)nc1NCc1cccc(F)c1. The molecule has 2 aromatic carbocycles. The van der Waals surface area contributed by atoms with Crippen LogP contribution in [0.1, 0.15) is 41.0 Å². The van der Waals surface area contributed by atoms with Gasteiger partial charge in [-0.05, 0) is 55.2 Å². The molecule has 0 aliphatic carbocycles. The van der Waals surface area contributed by atoms with E-state index in [0.29, 0.717) is 42.1 Å². The average molecular weight is 424 g/mol.